The molecule has 0 amide bonds. The van der Waals surface area contributed by atoms with Crippen LogP contribution in [0.25, 0.3) is 0 Å². The molecule has 1 aromatic rings. The molecule has 3 N–H and O–H groups in total. The van der Waals surface area contributed by atoms with Gasteiger partial charge in [-0.1, -0.05) is 6.92 Å². The number of nitrogen functional groups attached to an aromatic ring is 1. The van der Waals surface area contributed by atoms with E-state index in [9.17, 15) is 0 Å². The van der Waals surface area contributed by atoms with E-state index in [0.29, 0.717) is 12.2 Å². The number of methoxy groups -OCH3 is 1. The van der Waals surface area contributed by atoms with Crippen molar-refractivity contribution in [1.82, 2.24) is 0 Å². The van der Waals surface area contributed by atoms with E-state index in [4.69, 9.17) is 15.6 Å². The van der Waals surface area contributed by atoms with Crippen molar-refractivity contribution in [2.75, 3.05) is 37.4 Å². The minimum atomic E-state index is 0.130. The summed E-state index contributed by atoms with van der Waals surface area (Å²) in [4.78, 5) is 2.08. The largest absolute Gasteiger partial charge is 0.497 e. The molecule has 0 bridgehead atoms. The van der Waals surface area contributed by atoms with Gasteiger partial charge in [0.2, 0.25) is 0 Å². The molecule has 0 saturated heterocycles. The molecule has 1 aromatic carbocycles. The molecule has 4 heteroatoms. The molecule has 0 radical (unpaired) electrons. The first kappa shape index (κ1) is 12.6. The molecule has 0 aliphatic heterocycles. The third-order valence-corrected chi connectivity index (χ3v) is 2.44. The van der Waals surface area contributed by atoms with Gasteiger partial charge in [0.1, 0.15) is 5.75 Å². The van der Waals surface area contributed by atoms with Crippen molar-refractivity contribution in [3.8, 4) is 5.75 Å². The Labute approximate surface area is 96.6 Å². The molecule has 0 spiro atoms. The number of anilines is 2. The number of nitrogens with zero attached hydrogens (tertiary/aromatic N) is 1. The van der Waals surface area contributed by atoms with Gasteiger partial charge in [0.05, 0.1) is 25.1 Å². The normalized spacial score (nSPS) is 10.2. The van der Waals surface area contributed by atoms with Gasteiger partial charge in [-0.25, -0.2) is 0 Å². The van der Waals surface area contributed by atoms with Crippen LogP contribution in [0.4, 0.5) is 11.4 Å². The first-order valence-electron chi connectivity index (χ1n) is 5.52. The van der Waals surface area contributed by atoms with Crippen LogP contribution in [0.1, 0.15) is 13.3 Å². The van der Waals surface area contributed by atoms with E-state index in [-0.39, 0.29) is 6.61 Å². The number of hydrogen-bond acceptors (Lipinski definition) is 4. The summed E-state index contributed by atoms with van der Waals surface area (Å²) in [5.74, 6) is 0.752. The highest BCUT2D eigenvalue weighted by molar-refractivity contribution is 5.69. The highest BCUT2D eigenvalue weighted by Gasteiger charge is 2.09. The first-order chi connectivity index (χ1) is 7.72. The molecule has 0 aromatic heterocycles. The SMILES string of the molecule is CCCN(CCO)c1ccc(OC)cc1N. The van der Waals surface area contributed by atoms with E-state index in [1.165, 1.54) is 0 Å². The second-order valence-corrected chi connectivity index (χ2v) is 3.64. The fraction of sp³-hybridized carbons (Fsp3) is 0.500. The molecular formula is C12H20N2O2. The summed E-state index contributed by atoms with van der Waals surface area (Å²) in [5.41, 5.74) is 7.59. The molecule has 0 saturated carbocycles. The zero-order valence-electron chi connectivity index (χ0n) is 9.94. The lowest BCUT2D eigenvalue weighted by Gasteiger charge is -2.25. The standard InChI is InChI=1S/C12H20N2O2/c1-3-6-14(7-8-15)12-5-4-10(16-2)9-11(12)13/h4-5,9,15H,3,6-8,13H2,1-2H3. The molecular weight excluding hydrogens is 204 g/mol. The van der Waals surface area contributed by atoms with E-state index in [1.54, 1.807) is 13.2 Å². The number of benzene rings is 1. The van der Waals surface area contributed by atoms with Gasteiger partial charge in [0, 0.05) is 19.2 Å². The van der Waals surface area contributed by atoms with Gasteiger partial charge >= 0.3 is 0 Å². The Hall–Kier alpha value is -1.42. The number of ether oxygens (including phenoxy) is 1. The van der Waals surface area contributed by atoms with E-state index in [1.807, 2.05) is 12.1 Å². The third-order valence-electron chi connectivity index (χ3n) is 2.44. The fourth-order valence-electron chi connectivity index (χ4n) is 1.69. The monoisotopic (exact) mass is 224 g/mol. The van der Waals surface area contributed by atoms with Crippen LogP contribution in [0.15, 0.2) is 18.2 Å². The maximum atomic E-state index is 9.01. The van der Waals surface area contributed by atoms with Crippen LogP contribution in [0.2, 0.25) is 0 Å². The van der Waals surface area contributed by atoms with Crippen molar-refractivity contribution >= 4 is 11.4 Å². The maximum Gasteiger partial charge on any atom is 0.121 e. The van der Waals surface area contributed by atoms with E-state index in [2.05, 4.69) is 11.8 Å². The highest BCUT2D eigenvalue weighted by Crippen LogP contribution is 2.27. The number of hydrogen-bond donors (Lipinski definition) is 2. The average Bonchev–Trinajstić information content (AvgIpc) is 2.29. The lowest BCUT2D eigenvalue weighted by atomic mass is 10.2. The van der Waals surface area contributed by atoms with E-state index < -0.39 is 0 Å². The Morgan fingerprint density at radius 1 is 1.38 bits per heavy atom. The van der Waals surface area contributed by atoms with Crippen LogP contribution in [0.3, 0.4) is 0 Å². The number of nitrogens with two attached hydrogens (primary N) is 1. The van der Waals surface area contributed by atoms with Crippen molar-refractivity contribution < 1.29 is 9.84 Å². The summed E-state index contributed by atoms with van der Waals surface area (Å²) in [7, 11) is 1.62. The van der Waals surface area contributed by atoms with Crippen molar-refractivity contribution in [2.24, 2.45) is 0 Å². The topological polar surface area (TPSA) is 58.7 Å². The minimum Gasteiger partial charge on any atom is -0.497 e. The van der Waals surface area contributed by atoms with Crippen molar-refractivity contribution in [1.29, 1.82) is 0 Å². The van der Waals surface area contributed by atoms with Gasteiger partial charge in [-0.3, -0.25) is 0 Å². The maximum absolute atomic E-state index is 9.01. The summed E-state index contributed by atoms with van der Waals surface area (Å²) in [5, 5.41) is 9.01. The smallest absolute Gasteiger partial charge is 0.121 e. The van der Waals surface area contributed by atoms with Gasteiger partial charge in [-0.15, -0.1) is 0 Å². The van der Waals surface area contributed by atoms with Gasteiger partial charge in [-0.2, -0.15) is 0 Å². The summed E-state index contributed by atoms with van der Waals surface area (Å²) in [6.07, 6.45) is 1.02. The second kappa shape index (κ2) is 6.23. The highest BCUT2D eigenvalue weighted by atomic mass is 16.5. The van der Waals surface area contributed by atoms with Crippen LogP contribution in [0.5, 0.6) is 5.75 Å². The van der Waals surface area contributed by atoms with Crippen LogP contribution in [-0.2, 0) is 0 Å². The van der Waals surface area contributed by atoms with Crippen molar-refractivity contribution in [3.63, 3.8) is 0 Å². The molecule has 0 unspecified atom stereocenters. The van der Waals surface area contributed by atoms with Crippen LogP contribution >= 0.6 is 0 Å². The van der Waals surface area contributed by atoms with Crippen molar-refractivity contribution in [3.05, 3.63) is 18.2 Å². The predicted octanol–water partition coefficient (Wildman–Crippen LogP) is 1.49. The van der Waals surface area contributed by atoms with E-state index >= 15 is 0 Å². The Morgan fingerprint density at radius 3 is 2.62 bits per heavy atom. The Bertz CT molecular complexity index is 323. The molecule has 0 atom stereocenters. The van der Waals surface area contributed by atoms with Crippen molar-refractivity contribution in [2.45, 2.75) is 13.3 Å². The van der Waals surface area contributed by atoms with Crippen LogP contribution in [0, 0.1) is 0 Å². The molecule has 0 fully saturated rings. The summed E-state index contributed by atoms with van der Waals surface area (Å²) in [6.45, 7) is 3.72. The Balaban J connectivity index is 2.90. The fourth-order valence-corrected chi connectivity index (χ4v) is 1.69. The Kier molecular flexibility index (Phi) is 4.92. The van der Waals surface area contributed by atoms with Gasteiger partial charge in [-0.05, 0) is 18.6 Å². The number of aliphatic hydroxyl groups is 1. The molecule has 16 heavy (non-hydrogen) atoms. The van der Waals surface area contributed by atoms with Gasteiger partial charge in [0.25, 0.3) is 0 Å². The Morgan fingerprint density at radius 2 is 2.12 bits per heavy atom. The molecule has 4 nitrogen and oxygen atoms in total. The van der Waals surface area contributed by atoms with E-state index in [0.717, 1.165) is 24.4 Å². The minimum absolute atomic E-state index is 0.130. The molecule has 0 aliphatic carbocycles. The zero-order chi connectivity index (χ0) is 12.0. The molecule has 0 aliphatic rings. The third kappa shape index (κ3) is 3.03. The average molecular weight is 224 g/mol. The summed E-state index contributed by atoms with van der Waals surface area (Å²) < 4.78 is 5.10. The van der Waals surface area contributed by atoms with Crippen LogP contribution in [-0.4, -0.2) is 31.9 Å². The first-order valence-corrected chi connectivity index (χ1v) is 5.52. The predicted molar refractivity (Wildman–Crippen MR) is 67.0 cm³/mol. The summed E-state index contributed by atoms with van der Waals surface area (Å²) in [6, 6.07) is 5.61. The number of rotatable bonds is 6. The zero-order valence-corrected chi connectivity index (χ0v) is 9.94. The molecule has 1 rings (SSSR count). The second-order valence-electron chi connectivity index (χ2n) is 3.64. The van der Waals surface area contributed by atoms with Gasteiger partial charge in [0.15, 0.2) is 0 Å². The lowest BCUT2D eigenvalue weighted by Crippen LogP contribution is -2.28. The van der Waals surface area contributed by atoms with Crippen LogP contribution < -0.4 is 15.4 Å². The van der Waals surface area contributed by atoms with Gasteiger partial charge < -0.3 is 20.5 Å². The summed E-state index contributed by atoms with van der Waals surface area (Å²) >= 11 is 0. The quantitative estimate of drug-likeness (QED) is 0.719. The molecule has 0 heterocycles. The molecule has 90 valence electrons. The lowest BCUT2D eigenvalue weighted by molar-refractivity contribution is 0.302. The number of aliphatic hydroxyl groups excluding tert-OH is 1.